The summed E-state index contributed by atoms with van der Waals surface area (Å²) < 4.78 is 0. The van der Waals surface area contributed by atoms with E-state index in [1.165, 1.54) is 0 Å². The van der Waals surface area contributed by atoms with Gasteiger partial charge in [-0.15, -0.1) is 0 Å². The highest BCUT2D eigenvalue weighted by Gasteiger charge is 2.00. The largest absolute Gasteiger partial charge is 0.478 e. The van der Waals surface area contributed by atoms with Crippen molar-refractivity contribution in [2.24, 2.45) is 5.73 Å². The summed E-state index contributed by atoms with van der Waals surface area (Å²) in [5.74, 6) is -0.867. The first kappa shape index (κ1) is 10.2. The van der Waals surface area contributed by atoms with Gasteiger partial charge in [0.25, 0.3) is 0 Å². The Morgan fingerprint density at radius 3 is 2.64 bits per heavy atom. The topological polar surface area (TPSA) is 63.3 Å². The van der Waals surface area contributed by atoms with E-state index in [0.717, 1.165) is 6.42 Å². The maximum atomic E-state index is 10.3. The SMILES string of the molecule is CCC(N)CC=C(C)C(=O)O. The van der Waals surface area contributed by atoms with Crippen LogP contribution in [-0.2, 0) is 4.79 Å². The Morgan fingerprint density at radius 2 is 2.27 bits per heavy atom. The Morgan fingerprint density at radius 1 is 1.73 bits per heavy atom. The van der Waals surface area contributed by atoms with Gasteiger partial charge in [0.2, 0.25) is 0 Å². The molecule has 0 amide bonds. The molecule has 0 fully saturated rings. The fourth-order valence-electron chi connectivity index (χ4n) is 0.582. The fourth-order valence-corrected chi connectivity index (χ4v) is 0.582. The van der Waals surface area contributed by atoms with Gasteiger partial charge >= 0.3 is 5.97 Å². The van der Waals surface area contributed by atoms with Crippen LogP contribution in [0.2, 0.25) is 0 Å². The normalized spacial score (nSPS) is 14.6. The first-order valence-corrected chi connectivity index (χ1v) is 3.73. The van der Waals surface area contributed by atoms with E-state index in [0.29, 0.717) is 12.0 Å². The van der Waals surface area contributed by atoms with E-state index in [-0.39, 0.29) is 6.04 Å². The van der Waals surface area contributed by atoms with Crippen molar-refractivity contribution in [2.45, 2.75) is 32.7 Å². The van der Waals surface area contributed by atoms with E-state index in [1.807, 2.05) is 6.92 Å². The molecule has 0 aliphatic carbocycles. The van der Waals surface area contributed by atoms with Gasteiger partial charge in [-0.3, -0.25) is 0 Å². The molecule has 0 aliphatic rings. The summed E-state index contributed by atoms with van der Waals surface area (Å²) in [6.45, 7) is 3.55. The molecule has 0 aliphatic heterocycles. The van der Waals surface area contributed by atoms with Gasteiger partial charge in [0.1, 0.15) is 0 Å². The highest BCUT2D eigenvalue weighted by Crippen LogP contribution is 1.99. The third kappa shape index (κ3) is 4.56. The third-order valence-electron chi connectivity index (χ3n) is 1.59. The summed E-state index contributed by atoms with van der Waals surface area (Å²) in [5.41, 5.74) is 5.95. The molecule has 3 N–H and O–H groups in total. The number of carboxylic acids is 1. The molecule has 0 rings (SSSR count). The van der Waals surface area contributed by atoms with Crippen molar-refractivity contribution < 1.29 is 9.90 Å². The minimum Gasteiger partial charge on any atom is -0.478 e. The lowest BCUT2D eigenvalue weighted by molar-refractivity contribution is -0.132. The summed E-state index contributed by atoms with van der Waals surface area (Å²) in [5, 5.41) is 8.46. The Bertz CT molecular complexity index is 163. The molecule has 3 nitrogen and oxygen atoms in total. The summed E-state index contributed by atoms with van der Waals surface area (Å²) in [6.07, 6.45) is 3.19. The first-order chi connectivity index (χ1) is 5.07. The van der Waals surface area contributed by atoms with Crippen molar-refractivity contribution in [3.63, 3.8) is 0 Å². The van der Waals surface area contributed by atoms with Crippen LogP contribution in [0.4, 0.5) is 0 Å². The quantitative estimate of drug-likeness (QED) is 0.601. The summed E-state index contributed by atoms with van der Waals surface area (Å²) in [6, 6.07) is 0.0873. The van der Waals surface area contributed by atoms with Crippen LogP contribution in [-0.4, -0.2) is 17.1 Å². The predicted molar refractivity (Wildman–Crippen MR) is 44.3 cm³/mol. The van der Waals surface area contributed by atoms with Crippen LogP contribution in [0.3, 0.4) is 0 Å². The molecule has 64 valence electrons. The van der Waals surface area contributed by atoms with Crippen molar-refractivity contribution in [2.75, 3.05) is 0 Å². The molecule has 0 spiro atoms. The van der Waals surface area contributed by atoms with E-state index in [1.54, 1.807) is 13.0 Å². The number of nitrogens with two attached hydrogens (primary N) is 1. The Balaban J connectivity index is 3.82. The van der Waals surface area contributed by atoms with Crippen molar-refractivity contribution in [3.05, 3.63) is 11.6 Å². The Hall–Kier alpha value is -0.830. The second kappa shape index (κ2) is 4.91. The van der Waals surface area contributed by atoms with Crippen LogP contribution < -0.4 is 5.73 Å². The van der Waals surface area contributed by atoms with Crippen molar-refractivity contribution in [1.29, 1.82) is 0 Å². The fraction of sp³-hybridized carbons (Fsp3) is 0.625. The molecule has 0 saturated carbocycles. The van der Waals surface area contributed by atoms with Gasteiger partial charge in [-0.25, -0.2) is 4.79 Å². The first-order valence-electron chi connectivity index (χ1n) is 3.73. The highest BCUT2D eigenvalue weighted by atomic mass is 16.4. The van der Waals surface area contributed by atoms with E-state index in [2.05, 4.69) is 0 Å². The van der Waals surface area contributed by atoms with Crippen LogP contribution in [0, 0.1) is 0 Å². The lowest BCUT2D eigenvalue weighted by Gasteiger charge is -2.03. The molecular weight excluding hydrogens is 142 g/mol. The zero-order valence-electron chi connectivity index (χ0n) is 7.00. The molecule has 0 radical (unpaired) electrons. The Kier molecular flexibility index (Phi) is 4.54. The third-order valence-corrected chi connectivity index (χ3v) is 1.59. The van der Waals surface area contributed by atoms with E-state index in [9.17, 15) is 4.79 Å². The number of aliphatic carboxylic acids is 1. The lowest BCUT2D eigenvalue weighted by Crippen LogP contribution is -2.17. The van der Waals surface area contributed by atoms with Crippen LogP contribution in [0.15, 0.2) is 11.6 Å². The van der Waals surface area contributed by atoms with Crippen molar-refractivity contribution in [3.8, 4) is 0 Å². The highest BCUT2D eigenvalue weighted by molar-refractivity contribution is 5.85. The van der Waals surface area contributed by atoms with Gasteiger partial charge in [-0.2, -0.15) is 0 Å². The zero-order valence-corrected chi connectivity index (χ0v) is 7.00. The van der Waals surface area contributed by atoms with Gasteiger partial charge in [-0.1, -0.05) is 13.0 Å². The van der Waals surface area contributed by atoms with E-state index < -0.39 is 5.97 Å². The smallest absolute Gasteiger partial charge is 0.330 e. The maximum Gasteiger partial charge on any atom is 0.330 e. The molecule has 0 heterocycles. The van der Waals surface area contributed by atoms with Crippen LogP contribution in [0.25, 0.3) is 0 Å². The summed E-state index contributed by atoms with van der Waals surface area (Å²) >= 11 is 0. The number of hydrogen-bond donors (Lipinski definition) is 2. The van der Waals surface area contributed by atoms with Crippen LogP contribution in [0.1, 0.15) is 26.7 Å². The van der Waals surface area contributed by atoms with Crippen molar-refractivity contribution in [1.82, 2.24) is 0 Å². The molecule has 1 atom stereocenters. The number of hydrogen-bond acceptors (Lipinski definition) is 2. The van der Waals surface area contributed by atoms with E-state index >= 15 is 0 Å². The standard InChI is InChI=1S/C8H15NO2/c1-3-7(9)5-4-6(2)8(10)11/h4,7H,3,5,9H2,1-2H3,(H,10,11). The van der Waals surface area contributed by atoms with Crippen LogP contribution >= 0.6 is 0 Å². The van der Waals surface area contributed by atoms with Gasteiger partial charge in [0, 0.05) is 11.6 Å². The molecule has 0 aromatic carbocycles. The minimum absolute atomic E-state index is 0.0873. The number of carboxylic acid groups (broad SMARTS) is 1. The Labute approximate surface area is 66.9 Å². The number of carbonyl (C=O) groups is 1. The van der Waals surface area contributed by atoms with Gasteiger partial charge in [-0.05, 0) is 19.8 Å². The zero-order chi connectivity index (χ0) is 8.85. The number of rotatable bonds is 4. The summed E-state index contributed by atoms with van der Waals surface area (Å²) in [7, 11) is 0. The van der Waals surface area contributed by atoms with Crippen LogP contribution in [0.5, 0.6) is 0 Å². The minimum atomic E-state index is -0.867. The molecule has 0 saturated heterocycles. The lowest BCUT2D eigenvalue weighted by atomic mass is 10.1. The van der Waals surface area contributed by atoms with E-state index in [4.69, 9.17) is 10.8 Å². The molecule has 0 aromatic rings. The average molecular weight is 157 g/mol. The molecular formula is C8H15NO2. The maximum absolute atomic E-state index is 10.3. The molecule has 0 aromatic heterocycles. The monoisotopic (exact) mass is 157 g/mol. The molecule has 1 unspecified atom stereocenters. The average Bonchev–Trinajstić information content (AvgIpc) is 1.99. The second-order valence-electron chi connectivity index (χ2n) is 2.60. The summed E-state index contributed by atoms with van der Waals surface area (Å²) in [4.78, 5) is 10.3. The van der Waals surface area contributed by atoms with Gasteiger partial charge in [0.15, 0.2) is 0 Å². The predicted octanol–water partition coefficient (Wildman–Crippen LogP) is 1.14. The molecule has 0 bridgehead atoms. The molecule has 3 heteroatoms. The van der Waals surface area contributed by atoms with Gasteiger partial charge < -0.3 is 10.8 Å². The second-order valence-corrected chi connectivity index (χ2v) is 2.60. The van der Waals surface area contributed by atoms with Crippen molar-refractivity contribution >= 4 is 5.97 Å². The molecule has 11 heavy (non-hydrogen) atoms. The van der Waals surface area contributed by atoms with Gasteiger partial charge in [0.05, 0.1) is 0 Å².